The fourth-order valence-corrected chi connectivity index (χ4v) is 3.04. The molecule has 0 bridgehead atoms. The first kappa shape index (κ1) is 15.8. The average Bonchev–Trinajstić information content (AvgIpc) is 2.42. The molecule has 0 aromatic heterocycles. The van der Waals surface area contributed by atoms with Crippen LogP contribution < -0.4 is 10.1 Å². The van der Waals surface area contributed by atoms with Gasteiger partial charge in [0.15, 0.2) is 0 Å². The summed E-state index contributed by atoms with van der Waals surface area (Å²) in [6.07, 6.45) is 0. The van der Waals surface area contributed by atoms with E-state index < -0.39 is 0 Å². The zero-order valence-corrected chi connectivity index (χ0v) is 15.2. The van der Waals surface area contributed by atoms with Crippen molar-refractivity contribution in [1.82, 2.24) is 5.32 Å². The smallest absolute Gasteiger partial charge is 0.128 e. The van der Waals surface area contributed by atoms with Gasteiger partial charge in [0.25, 0.3) is 0 Å². The van der Waals surface area contributed by atoms with E-state index in [1.807, 2.05) is 36.4 Å². The maximum Gasteiger partial charge on any atom is 0.128 e. The quantitative estimate of drug-likeness (QED) is 0.612. The second kappa shape index (κ2) is 7.43. The Morgan fingerprint density at radius 2 is 1.80 bits per heavy atom. The molecule has 2 nitrogen and oxygen atoms in total. The standard InChI is InChI=1S/C16H17BrINO/c1-3-19-11(2)15-9-8-14(10-16(15)17)20-13-6-4-12(18)5-7-13/h4-11,19H,3H2,1-2H3. The summed E-state index contributed by atoms with van der Waals surface area (Å²) in [4.78, 5) is 0. The van der Waals surface area contributed by atoms with Crippen molar-refractivity contribution in [3.05, 3.63) is 56.1 Å². The molecular formula is C16H17BrINO. The van der Waals surface area contributed by atoms with Crippen LogP contribution in [0.15, 0.2) is 46.9 Å². The Bertz CT molecular complexity index is 571. The van der Waals surface area contributed by atoms with Crippen LogP contribution in [0.3, 0.4) is 0 Å². The van der Waals surface area contributed by atoms with Crippen LogP contribution in [0, 0.1) is 3.57 Å². The first-order valence-corrected chi connectivity index (χ1v) is 8.43. The van der Waals surface area contributed by atoms with Crippen molar-refractivity contribution in [3.8, 4) is 11.5 Å². The van der Waals surface area contributed by atoms with Gasteiger partial charge in [0.2, 0.25) is 0 Å². The molecule has 0 amide bonds. The minimum atomic E-state index is 0.321. The molecule has 0 aliphatic rings. The Morgan fingerprint density at radius 1 is 1.15 bits per heavy atom. The van der Waals surface area contributed by atoms with E-state index >= 15 is 0 Å². The van der Waals surface area contributed by atoms with Crippen molar-refractivity contribution in [2.45, 2.75) is 19.9 Å². The molecule has 0 aliphatic carbocycles. The molecule has 2 aromatic carbocycles. The maximum atomic E-state index is 5.86. The summed E-state index contributed by atoms with van der Waals surface area (Å²) in [5.74, 6) is 1.69. The molecule has 0 saturated heterocycles. The van der Waals surface area contributed by atoms with Gasteiger partial charge in [0, 0.05) is 14.1 Å². The van der Waals surface area contributed by atoms with Crippen LogP contribution in [0.2, 0.25) is 0 Å². The Kier molecular flexibility index (Phi) is 5.86. The van der Waals surface area contributed by atoms with E-state index in [0.29, 0.717) is 6.04 Å². The lowest BCUT2D eigenvalue weighted by Crippen LogP contribution is -2.17. The summed E-state index contributed by atoms with van der Waals surface area (Å²) in [7, 11) is 0. The summed E-state index contributed by atoms with van der Waals surface area (Å²) in [6.45, 7) is 5.22. The van der Waals surface area contributed by atoms with Gasteiger partial charge in [-0.1, -0.05) is 28.9 Å². The average molecular weight is 446 g/mol. The summed E-state index contributed by atoms with van der Waals surface area (Å²) < 4.78 is 8.12. The summed E-state index contributed by atoms with van der Waals surface area (Å²) in [6, 6.07) is 14.5. The summed E-state index contributed by atoms with van der Waals surface area (Å²) in [5.41, 5.74) is 1.24. The summed E-state index contributed by atoms with van der Waals surface area (Å²) in [5, 5.41) is 3.41. The molecule has 1 unspecified atom stereocenters. The molecule has 20 heavy (non-hydrogen) atoms. The van der Waals surface area contributed by atoms with Gasteiger partial charge in [-0.15, -0.1) is 0 Å². The highest BCUT2D eigenvalue weighted by molar-refractivity contribution is 14.1. The number of nitrogens with one attached hydrogen (secondary N) is 1. The fraction of sp³-hybridized carbons (Fsp3) is 0.250. The number of rotatable bonds is 5. The van der Waals surface area contributed by atoms with Gasteiger partial charge in [-0.3, -0.25) is 0 Å². The monoisotopic (exact) mass is 445 g/mol. The predicted molar refractivity (Wildman–Crippen MR) is 95.5 cm³/mol. The molecular weight excluding hydrogens is 429 g/mol. The number of ether oxygens (including phenoxy) is 1. The second-order valence-corrected chi connectivity index (χ2v) is 6.62. The fourth-order valence-electron chi connectivity index (χ4n) is 1.98. The van der Waals surface area contributed by atoms with E-state index in [2.05, 4.69) is 63.8 Å². The zero-order valence-electron chi connectivity index (χ0n) is 11.5. The molecule has 4 heteroatoms. The van der Waals surface area contributed by atoms with Gasteiger partial charge in [-0.05, 0) is 78.0 Å². The molecule has 0 fully saturated rings. The third kappa shape index (κ3) is 4.20. The lowest BCUT2D eigenvalue weighted by molar-refractivity contribution is 0.481. The largest absolute Gasteiger partial charge is 0.457 e. The molecule has 0 aliphatic heterocycles. The van der Waals surface area contributed by atoms with E-state index in [1.54, 1.807) is 0 Å². The summed E-state index contributed by atoms with van der Waals surface area (Å²) >= 11 is 5.90. The van der Waals surface area contributed by atoms with E-state index in [9.17, 15) is 0 Å². The van der Waals surface area contributed by atoms with E-state index in [-0.39, 0.29) is 0 Å². The van der Waals surface area contributed by atoms with E-state index in [0.717, 1.165) is 22.5 Å². The van der Waals surface area contributed by atoms with Crippen molar-refractivity contribution >= 4 is 38.5 Å². The zero-order chi connectivity index (χ0) is 14.5. The van der Waals surface area contributed by atoms with Crippen LogP contribution in [-0.4, -0.2) is 6.54 Å². The SMILES string of the molecule is CCNC(C)c1ccc(Oc2ccc(I)cc2)cc1Br. The maximum absolute atomic E-state index is 5.86. The van der Waals surface area contributed by atoms with Gasteiger partial charge in [0.05, 0.1) is 0 Å². The van der Waals surface area contributed by atoms with Crippen LogP contribution in [0.5, 0.6) is 11.5 Å². The van der Waals surface area contributed by atoms with Gasteiger partial charge >= 0.3 is 0 Å². The van der Waals surface area contributed by atoms with E-state index in [4.69, 9.17) is 4.74 Å². The van der Waals surface area contributed by atoms with Crippen LogP contribution in [0.4, 0.5) is 0 Å². The second-order valence-electron chi connectivity index (χ2n) is 4.52. The lowest BCUT2D eigenvalue weighted by atomic mass is 10.1. The van der Waals surface area contributed by atoms with E-state index in [1.165, 1.54) is 9.13 Å². The van der Waals surface area contributed by atoms with Gasteiger partial charge in [0.1, 0.15) is 11.5 Å². The number of benzene rings is 2. The molecule has 0 saturated carbocycles. The molecule has 2 aromatic rings. The van der Waals surface area contributed by atoms with Crippen molar-refractivity contribution in [2.75, 3.05) is 6.54 Å². The predicted octanol–water partition coefficient (Wildman–Crippen LogP) is 5.52. The molecule has 0 heterocycles. The molecule has 0 radical (unpaired) electrons. The first-order valence-electron chi connectivity index (χ1n) is 6.56. The van der Waals surface area contributed by atoms with Crippen molar-refractivity contribution < 1.29 is 4.74 Å². The normalized spacial score (nSPS) is 12.2. The highest BCUT2D eigenvalue weighted by atomic mass is 127. The number of hydrogen-bond acceptors (Lipinski definition) is 2. The molecule has 0 spiro atoms. The Hall–Kier alpha value is -0.590. The van der Waals surface area contributed by atoms with Gasteiger partial charge in [-0.2, -0.15) is 0 Å². The van der Waals surface area contributed by atoms with Crippen LogP contribution in [0.25, 0.3) is 0 Å². The topological polar surface area (TPSA) is 21.3 Å². The molecule has 1 atom stereocenters. The minimum Gasteiger partial charge on any atom is -0.457 e. The minimum absolute atomic E-state index is 0.321. The first-order chi connectivity index (χ1) is 9.60. The van der Waals surface area contributed by atoms with Crippen molar-refractivity contribution in [2.24, 2.45) is 0 Å². The van der Waals surface area contributed by atoms with Gasteiger partial charge < -0.3 is 10.1 Å². The number of hydrogen-bond donors (Lipinski definition) is 1. The molecule has 106 valence electrons. The molecule has 2 rings (SSSR count). The molecule has 1 N–H and O–H groups in total. The third-order valence-corrected chi connectivity index (χ3v) is 4.40. The van der Waals surface area contributed by atoms with Crippen LogP contribution >= 0.6 is 38.5 Å². The highest BCUT2D eigenvalue weighted by Crippen LogP contribution is 2.30. The van der Waals surface area contributed by atoms with Crippen LogP contribution in [-0.2, 0) is 0 Å². The van der Waals surface area contributed by atoms with Crippen molar-refractivity contribution in [1.29, 1.82) is 0 Å². The van der Waals surface area contributed by atoms with Gasteiger partial charge in [-0.25, -0.2) is 0 Å². The number of halogens is 2. The third-order valence-electron chi connectivity index (χ3n) is 3.00. The lowest BCUT2D eigenvalue weighted by Gasteiger charge is -2.15. The van der Waals surface area contributed by atoms with Crippen LogP contribution in [0.1, 0.15) is 25.5 Å². The Morgan fingerprint density at radius 3 is 2.40 bits per heavy atom. The van der Waals surface area contributed by atoms with Crippen molar-refractivity contribution in [3.63, 3.8) is 0 Å². The highest BCUT2D eigenvalue weighted by Gasteiger charge is 2.09. The Labute approximate surface area is 142 Å². The Balaban J connectivity index is 2.14.